The summed E-state index contributed by atoms with van der Waals surface area (Å²) in [6.07, 6.45) is 1.57. The van der Waals surface area contributed by atoms with Gasteiger partial charge in [0.2, 0.25) is 0 Å². The number of carbonyl (C=O) groups excluding carboxylic acids is 1. The standard InChI is InChI=1S/C11H9ClN4O3/c1-6-5-13-15-10(6)14-11(17)7-2-3-9(16(18)19)8(12)4-7/h2-5H,1H3,(H2,13,14,15,17). The molecule has 0 unspecified atom stereocenters. The van der Waals surface area contributed by atoms with Crippen LogP contribution in [0.25, 0.3) is 0 Å². The van der Waals surface area contributed by atoms with Crippen LogP contribution in [0.4, 0.5) is 11.5 Å². The van der Waals surface area contributed by atoms with E-state index in [-0.39, 0.29) is 16.3 Å². The number of amides is 1. The minimum absolute atomic E-state index is 0.0843. The van der Waals surface area contributed by atoms with E-state index in [1.807, 2.05) is 0 Å². The lowest BCUT2D eigenvalue weighted by molar-refractivity contribution is -0.384. The Morgan fingerprint density at radius 2 is 2.26 bits per heavy atom. The van der Waals surface area contributed by atoms with Gasteiger partial charge in [0.05, 0.1) is 11.1 Å². The number of nitro groups is 1. The summed E-state index contributed by atoms with van der Waals surface area (Å²) in [5, 5.41) is 19.5. The lowest BCUT2D eigenvalue weighted by Gasteiger charge is -2.04. The van der Waals surface area contributed by atoms with E-state index in [4.69, 9.17) is 11.6 Å². The fourth-order valence-corrected chi connectivity index (χ4v) is 1.70. The maximum Gasteiger partial charge on any atom is 0.287 e. The summed E-state index contributed by atoms with van der Waals surface area (Å²) in [5.74, 6) is 0.0450. The van der Waals surface area contributed by atoms with Gasteiger partial charge in [-0.15, -0.1) is 0 Å². The smallest absolute Gasteiger partial charge is 0.287 e. The average molecular weight is 281 g/mol. The molecule has 0 aliphatic rings. The summed E-state index contributed by atoms with van der Waals surface area (Å²) in [7, 11) is 0. The van der Waals surface area contributed by atoms with Crippen LogP contribution in [-0.2, 0) is 0 Å². The molecule has 2 aromatic rings. The number of halogens is 1. The van der Waals surface area contributed by atoms with Gasteiger partial charge in [0, 0.05) is 17.2 Å². The summed E-state index contributed by atoms with van der Waals surface area (Å²) in [6, 6.07) is 3.78. The Bertz CT molecular complexity index is 653. The summed E-state index contributed by atoms with van der Waals surface area (Å²) in [5.41, 5.74) is 0.766. The second-order valence-corrected chi connectivity index (χ2v) is 4.21. The van der Waals surface area contributed by atoms with E-state index in [1.54, 1.807) is 13.1 Å². The molecular weight excluding hydrogens is 272 g/mol. The number of rotatable bonds is 3. The van der Waals surface area contributed by atoms with Gasteiger partial charge in [0.15, 0.2) is 0 Å². The van der Waals surface area contributed by atoms with Gasteiger partial charge >= 0.3 is 0 Å². The maximum absolute atomic E-state index is 11.9. The van der Waals surface area contributed by atoms with Gasteiger partial charge < -0.3 is 5.32 Å². The molecule has 8 heteroatoms. The Morgan fingerprint density at radius 3 is 2.79 bits per heavy atom. The average Bonchev–Trinajstić information content (AvgIpc) is 2.74. The summed E-state index contributed by atoms with van der Waals surface area (Å²) >= 11 is 5.74. The topological polar surface area (TPSA) is 101 Å². The molecule has 0 radical (unpaired) electrons. The van der Waals surface area contributed by atoms with Crippen LogP contribution >= 0.6 is 11.6 Å². The third-order valence-corrected chi connectivity index (χ3v) is 2.78. The number of aryl methyl sites for hydroxylation is 1. The van der Waals surface area contributed by atoms with Crippen molar-refractivity contribution in [1.82, 2.24) is 10.2 Å². The highest BCUT2D eigenvalue weighted by molar-refractivity contribution is 6.33. The van der Waals surface area contributed by atoms with Gasteiger partial charge in [-0.05, 0) is 19.1 Å². The number of nitrogens with one attached hydrogen (secondary N) is 2. The third kappa shape index (κ3) is 2.71. The van der Waals surface area contributed by atoms with E-state index in [9.17, 15) is 14.9 Å². The molecule has 2 rings (SSSR count). The van der Waals surface area contributed by atoms with Gasteiger partial charge in [-0.2, -0.15) is 5.10 Å². The molecule has 0 spiro atoms. The first-order chi connectivity index (χ1) is 8.99. The molecule has 19 heavy (non-hydrogen) atoms. The lowest BCUT2D eigenvalue weighted by Crippen LogP contribution is -2.13. The van der Waals surface area contributed by atoms with Crippen molar-refractivity contribution in [3.05, 3.63) is 50.7 Å². The monoisotopic (exact) mass is 280 g/mol. The number of anilines is 1. The van der Waals surface area contributed by atoms with Crippen LogP contribution in [0, 0.1) is 17.0 Å². The normalized spacial score (nSPS) is 10.2. The zero-order valence-corrected chi connectivity index (χ0v) is 10.6. The maximum atomic E-state index is 11.9. The lowest BCUT2D eigenvalue weighted by atomic mass is 10.2. The summed E-state index contributed by atoms with van der Waals surface area (Å²) in [4.78, 5) is 21.9. The molecule has 0 aliphatic heterocycles. The molecule has 0 atom stereocenters. The largest absolute Gasteiger partial charge is 0.307 e. The molecule has 0 saturated heterocycles. The number of benzene rings is 1. The minimum Gasteiger partial charge on any atom is -0.307 e. The number of carbonyl (C=O) groups is 1. The summed E-state index contributed by atoms with van der Waals surface area (Å²) in [6.45, 7) is 1.78. The molecule has 1 aromatic carbocycles. The van der Waals surface area contributed by atoms with Crippen molar-refractivity contribution in [1.29, 1.82) is 0 Å². The van der Waals surface area contributed by atoms with Crippen molar-refractivity contribution in [3.63, 3.8) is 0 Å². The van der Waals surface area contributed by atoms with Crippen molar-refractivity contribution in [2.24, 2.45) is 0 Å². The van der Waals surface area contributed by atoms with Gasteiger partial charge in [-0.1, -0.05) is 11.6 Å². The molecule has 0 aliphatic carbocycles. The Kier molecular flexibility index (Phi) is 3.48. The van der Waals surface area contributed by atoms with Crippen LogP contribution in [0.1, 0.15) is 15.9 Å². The SMILES string of the molecule is Cc1cn[nH]c1NC(=O)c1ccc([N+](=O)[O-])c(Cl)c1. The number of aromatic nitrogens is 2. The number of hydrogen-bond acceptors (Lipinski definition) is 4. The molecule has 0 fully saturated rings. The summed E-state index contributed by atoms with van der Waals surface area (Å²) < 4.78 is 0. The zero-order valence-electron chi connectivity index (χ0n) is 9.81. The first-order valence-corrected chi connectivity index (χ1v) is 5.62. The van der Waals surface area contributed by atoms with Crippen LogP contribution in [0.3, 0.4) is 0 Å². The van der Waals surface area contributed by atoms with E-state index in [0.29, 0.717) is 5.82 Å². The Hall–Kier alpha value is -2.41. The predicted molar refractivity (Wildman–Crippen MR) is 69.4 cm³/mol. The molecule has 2 N–H and O–H groups in total. The van der Waals surface area contributed by atoms with Crippen molar-refractivity contribution in [2.75, 3.05) is 5.32 Å². The quantitative estimate of drug-likeness (QED) is 0.666. The Balaban J connectivity index is 2.23. The van der Waals surface area contributed by atoms with Crippen molar-refractivity contribution < 1.29 is 9.72 Å². The highest BCUT2D eigenvalue weighted by atomic mass is 35.5. The molecule has 1 amide bonds. The number of nitro benzene ring substituents is 1. The molecule has 0 bridgehead atoms. The van der Waals surface area contributed by atoms with E-state index in [1.165, 1.54) is 18.2 Å². The van der Waals surface area contributed by atoms with E-state index < -0.39 is 10.8 Å². The third-order valence-electron chi connectivity index (χ3n) is 2.47. The molecular formula is C11H9ClN4O3. The van der Waals surface area contributed by atoms with Gasteiger partial charge in [-0.25, -0.2) is 0 Å². The van der Waals surface area contributed by atoms with Crippen LogP contribution in [0.15, 0.2) is 24.4 Å². The highest BCUT2D eigenvalue weighted by Crippen LogP contribution is 2.25. The highest BCUT2D eigenvalue weighted by Gasteiger charge is 2.16. The second kappa shape index (κ2) is 5.07. The van der Waals surface area contributed by atoms with Crippen molar-refractivity contribution in [3.8, 4) is 0 Å². The van der Waals surface area contributed by atoms with Gasteiger partial charge in [0.25, 0.3) is 11.6 Å². The van der Waals surface area contributed by atoms with Crippen LogP contribution in [0.2, 0.25) is 5.02 Å². The fourth-order valence-electron chi connectivity index (χ4n) is 1.45. The Morgan fingerprint density at radius 1 is 1.53 bits per heavy atom. The minimum atomic E-state index is -0.608. The molecule has 7 nitrogen and oxygen atoms in total. The van der Waals surface area contributed by atoms with Crippen molar-refractivity contribution >= 4 is 29.0 Å². The second-order valence-electron chi connectivity index (χ2n) is 3.81. The van der Waals surface area contributed by atoms with Crippen LogP contribution < -0.4 is 5.32 Å². The van der Waals surface area contributed by atoms with Gasteiger partial charge in [0.1, 0.15) is 10.8 Å². The first-order valence-electron chi connectivity index (χ1n) is 5.24. The Labute approximate surface area is 112 Å². The first kappa shape index (κ1) is 13.0. The number of nitrogens with zero attached hydrogens (tertiary/aromatic N) is 2. The predicted octanol–water partition coefficient (Wildman–Crippen LogP) is 2.53. The van der Waals surface area contributed by atoms with Crippen LogP contribution in [0.5, 0.6) is 0 Å². The fraction of sp³-hybridized carbons (Fsp3) is 0.0909. The van der Waals surface area contributed by atoms with E-state index >= 15 is 0 Å². The number of H-pyrrole nitrogens is 1. The number of hydrogen-bond donors (Lipinski definition) is 2. The molecule has 1 aromatic heterocycles. The zero-order chi connectivity index (χ0) is 14.0. The van der Waals surface area contributed by atoms with Crippen molar-refractivity contribution in [2.45, 2.75) is 6.92 Å². The van der Waals surface area contributed by atoms with E-state index in [0.717, 1.165) is 5.56 Å². The molecule has 98 valence electrons. The molecule has 1 heterocycles. The van der Waals surface area contributed by atoms with Gasteiger partial charge in [-0.3, -0.25) is 20.0 Å². The number of aromatic amines is 1. The van der Waals surface area contributed by atoms with Crippen LogP contribution in [-0.4, -0.2) is 21.0 Å². The molecule has 0 saturated carbocycles. The van der Waals surface area contributed by atoms with E-state index in [2.05, 4.69) is 15.5 Å².